The minimum absolute atomic E-state index is 0.223. The van der Waals surface area contributed by atoms with Crippen molar-refractivity contribution in [2.75, 3.05) is 13.2 Å². The van der Waals surface area contributed by atoms with E-state index >= 15 is 0 Å². The Hall–Kier alpha value is -0.340. The molecular weight excluding hydrogens is 164 g/mol. The molecule has 0 bridgehead atoms. The number of rotatable bonds is 9. The van der Waals surface area contributed by atoms with Gasteiger partial charge in [0.05, 0.1) is 6.10 Å². The van der Waals surface area contributed by atoms with Gasteiger partial charge in [-0.25, -0.2) is 0 Å². The Balaban J connectivity index is 3.07. The molecule has 0 fully saturated rings. The van der Waals surface area contributed by atoms with Crippen LogP contribution in [0.1, 0.15) is 39.0 Å². The fraction of sp³-hybridized carbons (Fsp3) is 0.818. The first-order valence-corrected chi connectivity index (χ1v) is 5.18. The van der Waals surface area contributed by atoms with Crippen LogP contribution in [0.25, 0.3) is 0 Å². The van der Waals surface area contributed by atoms with Crippen molar-refractivity contribution in [1.29, 1.82) is 0 Å². The molecule has 0 aromatic heterocycles. The van der Waals surface area contributed by atoms with Gasteiger partial charge in [-0.3, -0.25) is 0 Å². The van der Waals surface area contributed by atoms with E-state index in [1.165, 1.54) is 6.42 Å². The van der Waals surface area contributed by atoms with Crippen LogP contribution in [-0.4, -0.2) is 24.4 Å². The van der Waals surface area contributed by atoms with E-state index in [9.17, 15) is 5.11 Å². The van der Waals surface area contributed by atoms with Crippen LogP contribution in [-0.2, 0) is 4.74 Å². The minimum Gasteiger partial charge on any atom is -0.393 e. The Morgan fingerprint density at radius 3 is 2.77 bits per heavy atom. The fourth-order valence-corrected chi connectivity index (χ4v) is 1.02. The van der Waals surface area contributed by atoms with Crippen LogP contribution in [0, 0.1) is 0 Å². The van der Waals surface area contributed by atoms with E-state index in [2.05, 4.69) is 13.5 Å². The van der Waals surface area contributed by atoms with Crippen molar-refractivity contribution >= 4 is 0 Å². The lowest BCUT2D eigenvalue weighted by Crippen LogP contribution is -2.10. The van der Waals surface area contributed by atoms with E-state index < -0.39 is 0 Å². The summed E-state index contributed by atoms with van der Waals surface area (Å²) in [6.07, 6.45) is 6.33. The van der Waals surface area contributed by atoms with Gasteiger partial charge in [0.15, 0.2) is 0 Å². The predicted molar refractivity (Wildman–Crippen MR) is 55.8 cm³/mol. The van der Waals surface area contributed by atoms with Crippen LogP contribution in [0.3, 0.4) is 0 Å². The Morgan fingerprint density at radius 1 is 1.38 bits per heavy atom. The van der Waals surface area contributed by atoms with Crippen molar-refractivity contribution in [3.05, 3.63) is 12.7 Å². The Bertz CT molecular complexity index is 113. The van der Waals surface area contributed by atoms with Crippen molar-refractivity contribution in [2.24, 2.45) is 0 Å². The molecule has 0 unspecified atom stereocenters. The van der Waals surface area contributed by atoms with Crippen molar-refractivity contribution in [3.63, 3.8) is 0 Å². The third-order valence-corrected chi connectivity index (χ3v) is 1.94. The third-order valence-electron chi connectivity index (χ3n) is 1.94. The molecule has 0 radical (unpaired) electrons. The highest BCUT2D eigenvalue weighted by atomic mass is 16.5. The summed E-state index contributed by atoms with van der Waals surface area (Å²) in [7, 11) is 0. The van der Waals surface area contributed by atoms with Crippen LogP contribution in [0.2, 0.25) is 0 Å². The zero-order valence-electron chi connectivity index (χ0n) is 8.67. The number of ether oxygens (including phenoxy) is 1. The largest absolute Gasteiger partial charge is 0.393 e. The zero-order chi connectivity index (χ0) is 9.94. The SMILES string of the molecule is C=CCC[C@@H](O)CCOCCCC. The maximum absolute atomic E-state index is 9.41. The average molecular weight is 186 g/mol. The predicted octanol–water partition coefficient (Wildman–Crippen LogP) is 2.52. The molecule has 0 aromatic carbocycles. The first-order valence-electron chi connectivity index (χ1n) is 5.18. The first-order chi connectivity index (χ1) is 6.31. The lowest BCUT2D eigenvalue weighted by atomic mass is 10.1. The molecule has 0 heterocycles. The van der Waals surface area contributed by atoms with E-state index in [1.54, 1.807) is 0 Å². The quantitative estimate of drug-likeness (QED) is 0.443. The van der Waals surface area contributed by atoms with Crippen LogP contribution < -0.4 is 0 Å². The van der Waals surface area contributed by atoms with Gasteiger partial charge in [0.2, 0.25) is 0 Å². The molecule has 1 N–H and O–H groups in total. The molecule has 0 amide bonds. The molecule has 13 heavy (non-hydrogen) atoms. The summed E-state index contributed by atoms with van der Waals surface area (Å²) in [5, 5.41) is 9.41. The Kier molecular flexibility index (Phi) is 9.49. The van der Waals surface area contributed by atoms with Crippen LogP contribution in [0.4, 0.5) is 0 Å². The second kappa shape index (κ2) is 9.75. The highest BCUT2D eigenvalue weighted by Gasteiger charge is 2.01. The summed E-state index contributed by atoms with van der Waals surface area (Å²) < 4.78 is 5.34. The highest BCUT2D eigenvalue weighted by Crippen LogP contribution is 2.02. The van der Waals surface area contributed by atoms with E-state index in [4.69, 9.17) is 4.74 Å². The fourth-order valence-electron chi connectivity index (χ4n) is 1.02. The van der Waals surface area contributed by atoms with Gasteiger partial charge in [-0.15, -0.1) is 6.58 Å². The van der Waals surface area contributed by atoms with Gasteiger partial charge in [-0.1, -0.05) is 19.4 Å². The Labute approximate surface area is 81.6 Å². The van der Waals surface area contributed by atoms with Gasteiger partial charge in [0, 0.05) is 13.2 Å². The zero-order valence-corrected chi connectivity index (χ0v) is 8.67. The highest BCUT2D eigenvalue weighted by molar-refractivity contribution is 4.68. The third kappa shape index (κ3) is 9.57. The summed E-state index contributed by atoms with van der Waals surface area (Å²) >= 11 is 0. The Morgan fingerprint density at radius 2 is 2.15 bits per heavy atom. The van der Waals surface area contributed by atoms with Gasteiger partial charge < -0.3 is 9.84 Å². The second-order valence-electron chi connectivity index (χ2n) is 3.27. The standard InChI is InChI=1S/C11H22O2/c1-3-5-7-11(12)8-10-13-9-6-4-2/h3,11-12H,1,4-10H2,2H3/t11-/m1/s1. The van der Waals surface area contributed by atoms with E-state index in [0.29, 0.717) is 6.61 Å². The molecule has 78 valence electrons. The van der Waals surface area contributed by atoms with Crippen molar-refractivity contribution in [2.45, 2.75) is 45.1 Å². The monoisotopic (exact) mass is 186 g/mol. The summed E-state index contributed by atoms with van der Waals surface area (Å²) in [4.78, 5) is 0. The van der Waals surface area contributed by atoms with Crippen LogP contribution >= 0.6 is 0 Å². The van der Waals surface area contributed by atoms with E-state index in [0.717, 1.165) is 32.3 Å². The maximum atomic E-state index is 9.41. The molecule has 0 aliphatic carbocycles. The lowest BCUT2D eigenvalue weighted by Gasteiger charge is -2.09. The average Bonchev–Trinajstić information content (AvgIpc) is 2.14. The molecular formula is C11H22O2. The molecule has 0 spiro atoms. The second-order valence-corrected chi connectivity index (χ2v) is 3.27. The van der Waals surface area contributed by atoms with Crippen molar-refractivity contribution in [1.82, 2.24) is 0 Å². The number of hydrogen-bond acceptors (Lipinski definition) is 2. The lowest BCUT2D eigenvalue weighted by molar-refractivity contribution is 0.0773. The van der Waals surface area contributed by atoms with Gasteiger partial charge >= 0.3 is 0 Å². The molecule has 0 saturated heterocycles. The molecule has 0 aliphatic rings. The van der Waals surface area contributed by atoms with Crippen LogP contribution in [0.15, 0.2) is 12.7 Å². The maximum Gasteiger partial charge on any atom is 0.0565 e. The smallest absolute Gasteiger partial charge is 0.0565 e. The normalized spacial score (nSPS) is 12.8. The van der Waals surface area contributed by atoms with Crippen molar-refractivity contribution in [3.8, 4) is 0 Å². The van der Waals surface area contributed by atoms with E-state index in [-0.39, 0.29) is 6.10 Å². The first kappa shape index (κ1) is 12.7. The molecule has 2 heteroatoms. The van der Waals surface area contributed by atoms with Gasteiger partial charge in [0.25, 0.3) is 0 Å². The van der Waals surface area contributed by atoms with Gasteiger partial charge in [0.1, 0.15) is 0 Å². The van der Waals surface area contributed by atoms with E-state index in [1.807, 2.05) is 6.08 Å². The summed E-state index contributed by atoms with van der Waals surface area (Å²) in [5.74, 6) is 0. The molecule has 2 nitrogen and oxygen atoms in total. The molecule has 1 atom stereocenters. The van der Waals surface area contributed by atoms with Crippen LogP contribution in [0.5, 0.6) is 0 Å². The number of allylic oxidation sites excluding steroid dienone is 1. The summed E-state index contributed by atoms with van der Waals surface area (Å²) in [6.45, 7) is 7.26. The molecule has 0 saturated carbocycles. The number of aliphatic hydroxyl groups excluding tert-OH is 1. The summed E-state index contributed by atoms with van der Waals surface area (Å²) in [6, 6.07) is 0. The molecule has 0 aromatic rings. The van der Waals surface area contributed by atoms with Crippen molar-refractivity contribution < 1.29 is 9.84 Å². The topological polar surface area (TPSA) is 29.5 Å². The number of unbranched alkanes of at least 4 members (excludes halogenated alkanes) is 1. The summed E-state index contributed by atoms with van der Waals surface area (Å²) in [5.41, 5.74) is 0. The molecule has 0 rings (SSSR count). The molecule has 0 aliphatic heterocycles. The number of aliphatic hydroxyl groups is 1. The number of hydrogen-bond donors (Lipinski definition) is 1. The van der Waals surface area contributed by atoms with Gasteiger partial charge in [-0.05, 0) is 25.7 Å². The van der Waals surface area contributed by atoms with Gasteiger partial charge in [-0.2, -0.15) is 0 Å². The minimum atomic E-state index is -0.223.